The number of anilines is 2. The second kappa shape index (κ2) is 5.76. The Kier molecular flexibility index (Phi) is 3.83. The van der Waals surface area contributed by atoms with E-state index >= 15 is 0 Å². The topological polar surface area (TPSA) is 44.4 Å². The van der Waals surface area contributed by atoms with E-state index in [2.05, 4.69) is 35.4 Å². The lowest BCUT2D eigenvalue weighted by Gasteiger charge is -2.48. The quantitative estimate of drug-likeness (QED) is 0.823. The van der Waals surface area contributed by atoms with Crippen molar-refractivity contribution in [3.8, 4) is 0 Å². The van der Waals surface area contributed by atoms with E-state index in [0.29, 0.717) is 11.5 Å². The zero-order chi connectivity index (χ0) is 16.8. The Hall–Kier alpha value is -1.55. The predicted octanol–water partition coefficient (Wildman–Crippen LogP) is 3.85. The van der Waals surface area contributed by atoms with Gasteiger partial charge in [0.2, 0.25) is 5.91 Å². The number of benzene rings is 1. The molecule has 2 heterocycles. The van der Waals surface area contributed by atoms with Crippen molar-refractivity contribution in [2.45, 2.75) is 64.0 Å². The molecule has 2 aliphatic heterocycles. The SMILES string of the molecule is CC1(C)CCCC(N2CCC3(CC2)Nc2ccccc2NC3=O)C1. The van der Waals surface area contributed by atoms with Crippen molar-refractivity contribution in [1.82, 2.24) is 4.90 Å². The number of carbonyl (C=O) groups excluding carboxylic acids is 1. The summed E-state index contributed by atoms with van der Waals surface area (Å²) >= 11 is 0. The summed E-state index contributed by atoms with van der Waals surface area (Å²) in [5.41, 5.74) is 2.01. The number of amides is 1. The van der Waals surface area contributed by atoms with Gasteiger partial charge in [-0.1, -0.05) is 32.4 Å². The molecule has 1 saturated heterocycles. The molecule has 130 valence electrons. The fourth-order valence-corrected chi connectivity index (χ4v) is 4.85. The highest BCUT2D eigenvalue weighted by Crippen LogP contribution is 2.40. The van der Waals surface area contributed by atoms with E-state index in [0.717, 1.165) is 37.3 Å². The van der Waals surface area contributed by atoms with Crippen LogP contribution in [0.5, 0.6) is 0 Å². The molecule has 3 aliphatic rings. The molecule has 0 bridgehead atoms. The summed E-state index contributed by atoms with van der Waals surface area (Å²) in [5.74, 6) is 0.143. The summed E-state index contributed by atoms with van der Waals surface area (Å²) < 4.78 is 0. The second-order valence-corrected chi connectivity index (χ2v) is 8.66. The van der Waals surface area contributed by atoms with Crippen LogP contribution in [0.1, 0.15) is 52.4 Å². The number of hydrogen-bond donors (Lipinski definition) is 2. The number of carbonyl (C=O) groups is 1. The van der Waals surface area contributed by atoms with Crippen LogP contribution in [0.25, 0.3) is 0 Å². The Morgan fingerprint density at radius 1 is 1.08 bits per heavy atom. The van der Waals surface area contributed by atoms with Crippen molar-refractivity contribution in [2.24, 2.45) is 5.41 Å². The molecule has 1 aromatic rings. The minimum absolute atomic E-state index is 0.143. The lowest BCUT2D eigenvalue weighted by molar-refractivity contribution is -0.122. The number of fused-ring (bicyclic) bond motifs is 1. The number of rotatable bonds is 1. The average Bonchev–Trinajstić information content (AvgIpc) is 2.56. The highest BCUT2D eigenvalue weighted by molar-refractivity contribution is 6.06. The third-order valence-electron chi connectivity index (χ3n) is 6.33. The normalized spacial score (nSPS) is 28.8. The third kappa shape index (κ3) is 2.81. The largest absolute Gasteiger partial charge is 0.369 e. The first-order valence-electron chi connectivity index (χ1n) is 9.40. The number of para-hydroxylation sites is 2. The maximum atomic E-state index is 12.7. The van der Waals surface area contributed by atoms with E-state index in [-0.39, 0.29) is 5.91 Å². The fourth-order valence-electron chi connectivity index (χ4n) is 4.85. The van der Waals surface area contributed by atoms with E-state index in [9.17, 15) is 4.79 Å². The van der Waals surface area contributed by atoms with Gasteiger partial charge in [0.1, 0.15) is 5.54 Å². The summed E-state index contributed by atoms with van der Waals surface area (Å²) in [7, 11) is 0. The van der Waals surface area contributed by atoms with Crippen LogP contribution < -0.4 is 10.6 Å². The predicted molar refractivity (Wildman–Crippen MR) is 98.3 cm³/mol. The number of hydrogen-bond acceptors (Lipinski definition) is 3. The van der Waals surface area contributed by atoms with E-state index in [4.69, 9.17) is 0 Å². The summed E-state index contributed by atoms with van der Waals surface area (Å²) in [6.07, 6.45) is 7.09. The molecule has 1 aromatic carbocycles. The van der Waals surface area contributed by atoms with Crippen molar-refractivity contribution in [3.05, 3.63) is 24.3 Å². The summed E-state index contributed by atoms with van der Waals surface area (Å²) in [5, 5.41) is 6.67. The summed E-state index contributed by atoms with van der Waals surface area (Å²) in [6, 6.07) is 8.71. The van der Waals surface area contributed by atoms with Gasteiger partial charge in [-0.3, -0.25) is 4.79 Å². The first-order valence-corrected chi connectivity index (χ1v) is 9.40. The van der Waals surface area contributed by atoms with Crippen LogP contribution in [0.3, 0.4) is 0 Å². The van der Waals surface area contributed by atoms with Crippen LogP contribution in [0.15, 0.2) is 24.3 Å². The van der Waals surface area contributed by atoms with E-state index in [1.807, 2.05) is 18.2 Å². The van der Waals surface area contributed by atoms with Gasteiger partial charge < -0.3 is 15.5 Å². The molecule has 1 saturated carbocycles. The molecule has 1 spiro atoms. The molecule has 4 heteroatoms. The highest BCUT2D eigenvalue weighted by Gasteiger charge is 2.45. The van der Waals surface area contributed by atoms with Crippen LogP contribution in [-0.2, 0) is 4.79 Å². The van der Waals surface area contributed by atoms with Crippen LogP contribution in [-0.4, -0.2) is 35.5 Å². The van der Waals surface area contributed by atoms with E-state index in [1.54, 1.807) is 0 Å². The minimum atomic E-state index is -0.422. The monoisotopic (exact) mass is 327 g/mol. The maximum Gasteiger partial charge on any atom is 0.250 e. The van der Waals surface area contributed by atoms with Gasteiger partial charge >= 0.3 is 0 Å². The Morgan fingerprint density at radius 3 is 2.50 bits per heavy atom. The number of piperidine rings is 1. The standard InChI is InChI=1S/C20H29N3O/c1-19(2)9-5-6-15(14-19)23-12-10-20(11-13-23)18(24)21-16-7-3-4-8-17(16)22-20/h3-4,7-8,15,22H,5-6,9-14H2,1-2H3,(H,21,24). The van der Waals surface area contributed by atoms with Crippen LogP contribution in [0.2, 0.25) is 0 Å². The van der Waals surface area contributed by atoms with Crippen molar-refractivity contribution in [1.29, 1.82) is 0 Å². The molecule has 2 fully saturated rings. The molecule has 1 atom stereocenters. The van der Waals surface area contributed by atoms with Gasteiger partial charge in [-0.2, -0.15) is 0 Å². The van der Waals surface area contributed by atoms with Gasteiger partial charge in [0, 0.05) is 19.1 Å². The molecular formula is C20H29N3O. The highest BCUT2D eigenvalue weighted by atomic mass is 16.2. The fraction of sp³-hybridized carbons (Fsp3) is 0.650. The minimum Gasteiger partial charge on any atom is -0.369 e. The van der Waals surface area contributed by atoms with Gasteiger partial charge in [0.15, 0.2) is 0 Å². The second-order valence-electron chi connectivity index (χ2n) is 8.66. The third-order valence-corrected chi connectivity index (χ3v) is 6.33. The first kappa shape index (κ1) is 15.9. The van der Waals surface area contributed by atoms with Crippen molar-refractivity contribution >= 4 is 17.3 Å². The molecular weight excluding hydrogens is 298 g/mol. The smallest absolute Gasteiger partial charge is 0.250 e. The lowest BCUT2D eigenvalue weighted by Crippen LogP contribution is -2.60. The summed E-state index contributed by atoms with van der Waals surface area (Å²) in [4.78, 5) is 15.4. The van der Waals surface area contributed by atoms with Crippen molar-refractivity contribution in [2.75, 3.05) is 23.7 Å². The molecule has 2 N–H and O–H groups in total. The molecule has 0 aromatic heterocycles. The number of nitrogens with zero attached hydrogens (tertiary/aromatic N) is 1. The van der Waals surface area contributed by atoms with Crippen LogP contribution in [0.4, 0.5) is 11.4 Å². The van der Waals surface area contributed by atoms with Crippen molar-refractivity contribution in [3.63, 3.8) is 0 Å². The average molecular weight is 327 g/mol. The molecule has 1 unspecified atom stereocenters. The Balaban J connectivity index is 1.45. The maximum absolute atomic E-state index is 12.7. The Morgan fingerprint density at radius 2 is 1.79 bits per heavy atom. The van der Waals surface area contributed by atoms with Gasteiger partial charge in [-0.15, -0.1) is 0 Å². The molecule has 1 amide bonds. The Bertz CT molecular complexity index is 632. The number of likely N-dealkylation sites (tertiary alicyclic amines) is 1. The van der Waals surface area contributed by atoms with E-state index < -0.39 is 5.54 Å². The van der Waals surface area contributed by atoms with Crippen LogP contribution >= 0.6 is 0 Å². The van der Waals surface area contributed by atoms with E-state index in [1.165, 1.54) is 25.7 Å². The zero-order valence-corrected chi connectivity index (χ0v) is 14.9. The Labute approximate surface area is 145 Å². The summed E-state index contributed by atoms with van der Waals surface area (Å²) in [6.45, 7) is 6.84. The molecule has 4 nitrogen and oxygen atoms in total. The first-order chi connectivity index (χ1) is 11.5. The van der Waals surface area contributed by atoms with Crippen molar-refractivity contribution < 1.29 is 4.79 Å². The van der Waals surface area contributed by atoms with Gasteiger partial charge in [-0.05, 0) is 49.7 Å². The number of nitrogens with one attached hydrogen (secondary N) is 2. The molecule has 4 rings (SSSR count). The molecule has 0 radical (unpaired) electrons. The van der Waals surface area contributed by atoms with Crippen LogP contribution in [0, 0.1) is 5.41 Å². The van der Waals surface area contributed by atoms with Gasteiger partial charge in [0.05, 0.1) is 11.4 Å². The lowest BCUT2D eigenvalue weighted by atomic mass is 9.74. The van der Waals surface area contributed by atoms with Gasteiger partial charge in [-0.25, -0.2) is 0 Å². The van der Waals surface area contributed by atoms with Gasteiger partial charge in [0.25, 0.3) is 0 Å². The molecule has 24 heavy (non-hydrogen) atoms. The molecule has 1 aliphatic carbocycles. The zero-order valence-electron chi connectivity index (χ0n) is 14.9.